The summed E-state index contributed by atoms with van der Waals surface area (Å²) in [6, 6.07) is 1.59. The maximum Gasteiger partial charge on any atom is 0.00940 e. The largest absolute Gasteiger partial charge is 0.311 e. The third-order valence-corrected chi connectivity index (χ3v) is 4.57. The van der Waals surface area contributed by atoms with Gasteiger partial charge in [0.1, 0.15) is 0 Å². The molecule has 0 amide bonds. The monoisotopic (exact) mass is 238 g/mol. The van der Waals surface area contributed by atoms with Gasteiger partial charge in [-0.15, -0.1) is 0 Å². The first-order valence-corrected chi connectivity index (χ1v) is 7.57. The summed E-state index contributed by atoms with van der Waals surface area (Å²) in [7, 11) is 0. The van der Waals surface area contributed by atoms with Gasteiger partial charge in [-0.05, 0) is 63.6 Å². The predicted octanol–water partition coefficient (Wildman–Crippen LogP) is 3.03. The Morgan fingerprint density at radius 3 is 2.35 bits per heavy atom. The Morgan fingerprint density at radius 1 is 1.12 bits per heavy atom. The topological polar surface area (TPSA) is 15.3 Å². The molecule has 2 heteroatoms. The number of nitrogens with zero attached hydrogens (tertiary/aromatic N) is 1. The standard InChI is InChI=1S/C15H30N2/c1-4-9-17-10-6-13(7-11-17)16-14-5-8-15(2,3)12-14/h13-14,16H,4-12H2,1-3H3. The minimum atomic E-state index is 0.584. The Labute approximate surface area is 107 Å². The van der Waals surface area contributed by atoms with E-state index in [1.807, 2.05) is 0 Å². The van der Waals surface area contributed by atoms with E-state index in [1.165, 1.54) is 58.2 Å². The van der Waals surface area contributed by atoms with Crippen LogP contribution in [-0.2, 0) is 0 Å². The second kappa shape index (κ2) is 5.71. The summed E-state index contributed by atoms with van der Waals surface area (Å²) in [6.07, 6.45) is 8.19. The summed E-state index contributed by atoms with van der Waals surface area (Å²) in [5.74, 6) is 0. The molecule has 1 aliphatic carbocycles. The van der Waals surface area contributed by atoms with E-state index in [9.17, 15) is 0 Å². The fourth-order valence-electron chi connectivity index (χ4n) is 3.55. The highest BCUT2D eigenvalue weighted by atomic mass is 15.1. The van der Waals surface area contributed by atoms with Gasteiger partial charge in [0.2, 0.25) is 0 Å². The molecule has 2 rings (SSSR count). The number of hydrogen-bond acceptors (Lipinski definition) is 2. The SMILES string of the molecule is CCCN1CCC(NC2CCC(C)(C)C2)CC1. The molecule has 100 valence electrons. The van der Waals surface area contributed by atoms with E-state index in [0.717, 1.165) is 12.1 Å². The van der Waals surface area contributed by atoms with E-state index in [2.05, 4.69) is 31.0 Å². The van der Waals surface area contributed by atoms with Crippen LogP contribution in [-0.4, -0.2) is 36.6 Å². The number of likely N-dealkylation sites (tertiary alicyclic amines) is 1. The van der Waals surface area contributed by atoms with Crippen LogP contribution in [0.4, 0.5) is 0 Å². The molecule has 1 saturated heterocycles. The Hall–Kier alpha value is -0.0800. The van der Waals surface area contributed by atoms with E-state index >= 15 is 0 Å². The molecule has 17 heavy (non-hydrogen) atoms. The van der Waals surface area contributed by atoms with Gasteiger partial charge in [0.25, 0.3) is 0 Å². The van der Waals surface area contributed by atoms with Crippen LogP contribution in [0.2, 0.25) is 0 Å². The molecule has 0 aromatic carbocycles. The molecule has 0 aromatic rings. The number of piperidine rings is 1. The molecule has 2 nitrogen and oxygen atoms in total. The van der Waals surface area contributed by atoms with Crippen molar-refractivity contribution >= 4 is 0 Å². The van der Waals surface area contributed by atoms with Crippen molar-refractivity contribution in [2.45, 2.75) is 71.4 Å². The van der Waals surface area contributed by atoms with E-state index in [1.54, 1.807) is 0 Å². The van der Waals surface area contributed by atoms with E-state index < -0.39 is 0 Å². The van der Waals surface area contributed by atoms with Crippen LogP contribution in [0, 0.1) is 5.41 Å². The normalized spacial score (nSPS) is 30.9. The smallest absolute Gasteiger partial charge is 0.00940 e. The quantitative estimate of drug-likeness (QED) is 0.810. The van der Waals surface area contributed by atoms with Gasteiger partial charge in [0.05, 0.1) is 0 Å². The van der Waals surface area contributed by atoms with Crippen LogP contribution in [0.5, 0.6) is 0 Å². The maximum absolute atomic E-state index is 3.91. The summed E-state index contributed by atoms with van der Waals surface area (Å²) >= 11 is 0. The van der Waals surface area contributed by atoms with Gasteiger partial charge < -0.3 is 10.2 Å². The van der Waals surface area contributed by atoms with Gasteiger partial charge >= 0.3 is 0 Å². The van der Waals surface area contributed by atoms with Crippen molar-refractivity contribution in [3.05, 3.63) is 0 Å². The van der Waals surface area contributed by atoms with Crippen molar-refractivity contribution in [2.24, 2.45) is 5.41 Å². The van der Waals surface area contributed by atoms with Crippen LogP contribution in [0.1, 0.15) is 59.3 Å². The van der Waals surface area contributed by atoms with Gasteiger partial charge in [-0.1, -0.05) is 20.8 Å². The lowest BCUT2D eigenvalue weighted by molar-refractivity contribution is 0.189. The minimum absolute atomic E-state index is 0.584. The van der Waals surface area contributed by atoms with Crippen molar-refractivity contribution in [1.82, 2.24) is 10.2 Å². The zero-order valence-electron chi connectivity index (χ0n) is 12.0. The molecule has 0 aromatic heterocycles. The van der Waals surface area contributed by atoms with Crippen molar-refractivity contribution in [3.63, 3.8) is 0 Å². The Balaban J connectivity index is 1.68. The highest BCUT2D eigenvalue weighted by Gasteiger charge is 2.32. The fourth-order valence-corrected chi connectivity index (χ4v) is 3.55. The molecule has 1 aliphatic heterocycles. The molecular weight excluding hydrogens is 208 g/mol. The lowest BCUT2D eigenvalue weighted by atomic mass is 9.91. The maximum atomic E-state index is 3.91. The minimum Gasteiger partial charge on any atom is -0.311 e. The molecule has 0 radical (unpaired) electrons. The molecule has 1 atom stereocenters. The van der Waals surface area contributed by atoms with Crippen molar-refractivity contribution in [3.8, 4) is 0 Å². The second-order valence-corrected chi connectivity index (χ2v) is 6.89. The van der Waals surface area contributed by atoms with Crippen LogP contribution < -0.4 is 5.32 Å². The van der Waals surface area contributed by atoms with E-state index in [-0.39, 0.29) is 0 Å². The first-order valence-electron chi connectivity index (χ1n) is 7.57. The number of hydrogen-bond donors (Lipinski definition) is 1. The second-order valence-electron chi connectivity index (χ2n) is 6.89. The van der Waals surface area contributed by atoms with Crippen LogP contribution in [0.15, 0.2) is 0 Å². The molecule has 1 heterocycles. The average molecular weight is 238 g/mol. The Morgan fingerprint density at radius 2 is 1.82 bits per heavy atom. The fraction of sp³-hybridized carbons (Fsp3) is 1.00. The molecule has 1 unspecified atom stereocenters. The van der Waals surface area contributed by atoms with Crippen LogP contribution in [0.25, 0.3) is 0 Å². The summed E-state index contributed by atoms with van der Waals surface area (Å²) in [5, 5.41) is 3.91. The average Bonchev–Trinajstić information content (AvgIpc) is 2.61. The summed E-state index contributed by atoms with van der Waals surface area (Å²) in [6.45, 7) is 11.0. The molecule has 1 saturated carbocycles. The van der Waals surface area contributed by atoms with Crippen LogP contribution >= 0.6 is 0 Å². The van der Waals surface area contributed by atoms with Gasteiger partial charge in [0.15, 0.2) is 0 Å². The van der Waals surface area contributed by atoms with Gasteiger partial charge in [0, 0.05) is 12.1 Å². The molecule has 2 fully saturated rings. The first kappa shape index (κ1) is 13.4. The summed E-state index contributed by atoms with van der Waals surface area (Å²) in [5.41, 5.74) is 0.584. The zero-order valence-corrected chi connectivity index (χ0v) is 12.0. The first-order chi connectivity index (χ1) is 8.09. The molecular formula is C15H30N2. The predicted molar refractivity (Wildman–Crippen MR) is 74.3 cm³/mol. The Bertz CT molecular complexity index is 229. The molecule has 0 spiro atoms. The van der Waals surface area contributed by atoms with Crippen LogP contribution in [0.3, 0.4) is 0 Å². The third-order valence-electron chi connectivity index (χ3n) is 4.57. The Kier molecular flexibility index (Phi) is 4.48. The van der Waals surface area contributed by atoms with Gasteiger partial charge in [-0.25, -0.2) is 0 Å². The lowest BCUT2D eigenvalue weighted by Gasteiger charge is -2.34. The highest BCUT2D eigenvalue weighted by molar-refractivity contribution is 4.89. The van der Waals surface area contributed by atoms with Gasteiger partial charge in [-0.2, -0.15) is 0 Å². The molecule has 2 aliphatic rings. The van der Waals surface area contributed by atoms with Crippen molar-refractivity contribution in [1.29, 1.82) is 0 Å². The van der Waals surface area contributed by atoms with E-state index in [4.69, 9.17) is 0 Å². The molecule has 0 bridgehead atoms. The number of rotatable bonds is 4. The summed E-state index contributed by atoms with van der Waals surface area (Å²) < 4.78 is 0. The van der Waals surface area contributed by atoms with Crippen molar-refractivity contribution in [2.75, 3.05) is 19.6 Å². The zero-order chi connectivity index (χ0) is 12.3. The lowest BCUT2D eigenvalue weighted by Crippen LogP contribution is -2.45. The third kappa shape index (κ3) is 3.96. The summed E-state index contributed by atoms with van der Waals surface area (Å²) in [4.78, 5) is 2.62. The number of nitrogens with one attached hydrogen (secondary N) is 1. The molecule has 1 N–H and O–H groups in total. The van der Waals surface area contributed by atoms with Gasteiger partial charge in [-0.3, -0.25) is 0 Å². The van der Waals surface area contributed by atoms with E-state index in [0.29, 0.717) is 5.41 Å². The highest BCUT2D eigenvalue weighted by Crippen LogP contribution is 2.37. The van der Waals surface area contributed by atoms with Crippen molar-refractivity contribution < 1.29 is 0 Å².